The summed E-state index contributed by atoms with van der Waals surface area (Å²) in [5.74, 6) is -2.98. The van der Waals surface area contributed by atoms with Gasteiger partial charge in [-0.05, 0) is 26.0 Å². The Morgan fingerprint density at radius 2 is 1.67 bits per heavy atom. The highest BCUT2D eigenvalue weighted by atomic mass is 16.4. The van der Waals surface area contributed by atoms with Gasteiger partial charge in [-0.25, -0.2) is 0 Å². The molecule has 0 aliphatic heterocycles. The molecule has 0 amide bonds. The summed E-state index contributed by atoms with van der Waals surface area (Å²) in [7, 11) is 0. The van der Waals surface area contributed by atoms with Crippen LogP contribution in [0.3, 0.4) is 0 Å². The normalized spacial score (nSPS) is 34.7. The SMILES string of the molecule is CC1(C(=O)[O-])C=CC(N)=CC1(C)C(=O)[O-]. The van der Waals surface area contributed by atoms with Gasteiger partial charge in [0.15, 0.2) is 0 Å². The predicted molar refractivity (Wildman–Crippen MR) is 47.6 cm³/mol. The van der Waals surface area contributed by atoms with E-state index >= 15 is 0 Å². The first-order valence-electron chi connectivity index (χ1n) is 4.34. The van der Waals surface area contributed by atoms with Gasteiger partial charge < -0.3 is 25.5 Å². The molecular weight excluding hydrogens is 198 g/mol. The molecule has 0 aromatic carbocycles. The van der Waals surface area contributed by atoms with Crippen LogP contribution < -0.4 is 15.9 Å². The highest BCUT2D eigenvalue weighted by Gasteiger charge is 2.45. The number of carbonyl (C=O) groups is 2. The molecule has 0 radical (unpaired) electrons. The molecule has 1 rings (SSSR count). The third-order valence-electron chi connectivity index (χ3n) is 2.99. The number of carboxylic acid groups (broad SMARTS) is 2. The lowest BCUT2D eigenvalue weighted by molar-refractivity contribution is -0.336. The van der Waals surface area contributed by atoms with Crippen LogP contribution in [0.15, 0.2) is 23.9 Å². The Hall–Kier alpha value is -1.78. The van der Waals surface area contributed by atoms with Crippen molar-refractivity contribution in [3.05, 3.63) is 23.9 Å². The van der Waals surface area contributed by atoms with Crippen molar-refractivity contribution in [2.45, 2.75) is 13.8 Å². The second-order valence-corrected chi connectivity index (χ2v) is 3.96. The van der Waals surface area contributed by atoms with Crippen LogP contribution in [0.1, 0.15) is 13.8 Å². The van der Waals surface area contributed by atoms with Crippen LogP contribution in [-0.2, 0) is 9.59 Å². The van der Waals surface area contributed by atoms with Crippen LogP contribution in [-0.4, -0.2) is 11.9 Å². The van der Waals surface area contributed by atoms with E-state index in [-0.39, 0.29) is 5.70 Å². The molecule has 15 heavy (non-hydrogen) atoms. The van der Waals surface area contributed by atoms with Gasteiger partial charge in [0.2, 0.25) is 0 Å². The van der Waals surface area contributed by atoms with Gasteiger partial charge in [-0.3, -0.25) is 0 Å². The van der Waals surface area contributed by atoms with E-state index in [9.17, 15) is 19.8 Å². The fourth-order valence-electron chi connectivity index (χ4n) is 1.52. The van der Waals surface area contributed by atoms with Crippen molar-refractivity contribution in [1.82, 2.24) is 0 Å². The molecule has 2 N–H and O–H groups in total. The fourth-order valence-corrected chi connectivity index (χ4v) is 1.52. The standard InChI is InChI=1S/C10H13NO4/c1-9(7(12)13)4-3-6(11)5-10(9,2)8(14)15/h3-5H,11H2,1-2H3,(H,12,13)(H,14,15)/p-2. The molecule has 2 unspecified atom stereocenters. The molecule has 1 aliphatic rings. The highest BCUT2D eigenvalue weighted by Crippen LogP contribution is 2.44. The summed E-state index contributed by atoms with van der Waals surface area (Å²) in [5.41, 5.74) is 2.27. The second kappa shape index (κ2) is 3.12. The number of rotatable bonds is 2. The number of aliphatic carboxylic acids is 2. The summed E-state index contributed by atoms with van der Waals surface area (Å²) in [4.78, 5) is 22.0. The molecule has 2 atom stereocenters. The van der Waals surface area contributed by atoms with Crippen molar-refractivity contribution in [1.29, 1.82) is 0 Å². The Bertz CT molecular complexity index is 385. The fraction of sp³-hybridized carbons (Fsp3) is 0.400. The smallest absolute Gasteiger partial charge is 0.0524 e. The molecule has 0 saturated heterocycles. The van der Waals surface area contributed by atoms with Crippen LogP contribution in [0.25, 0.3) is 0 Å². The molecule has 0 aromatic heterocycles. The molecule has 82 valence electrons. The summed E-state index contributed by atoms with van der Waals surface area (Å²) in [6.45, 7) is 2.51. The summed E-state index contributed by atoms with van der Waals surface area (Å²) in [5, 5.41) is 22.0. The molecule has 0 fully saturated rings. The largest absolute Gasteiger partial charge is 0.549 e. The Labute approximate surface area is 86.9 Å². The van der Waals surface area contributed by atoms with Gasteiger partial charge in [0.1, 0.15) is 0 Å². The number of carboxylic acids is 2. The van der Waals surface area contributed by atoms with E-state index in [1.165, 1.54) is 26.0 Å². The zero-order valence-electron chi connectivity index (χ0n) is 8.44. The molecule has 5 nitrogen and oxygen atoms in total. The summed E-state index contributed by atoms with van der Waals surface area (Å²) >= 11 is 0. The minimum Gasteiger partial charge on any atom is -0.549 e. The first kappa shape index (κ1) is 11.3. The van der Waals surface area contributed by atoms with Crippen molar-refractivity contribution < 1.29 is 19.8 Å². The quantitative estimate of drug-likeness (QED) is 0.561. The lowest BCUT2D eigenvalue weighted by Crippen LogP contribution is -2.57. The highest BCUT2D eigenvalue weighted by molar-refractivity contribution is 5.88. The van der Waals surface area contributed by atoms with Crippen LogP contribution in [0.5, 0.6) is 0 Å². The van der Waals surface area contributed by atoms with E-state index < -0.39 is 22.8 Å². The second-order valence-electron chi connectivity index (χ2n) is 3.96. The first-order chi connectivity index (χ1) is 6.74. The molecule has 0 spiro atoms. The molecule has 5 heteroatoms. The molecule has 1 aliphatic carbocycles. The number of allylic oxidation sites excluding steroid dienone is 1. The van der Waals surface area contributed by atoms with Gasteiger partial charge in [-0.2, -0.15) is 0 Å². The summed E-state index contributed by atoms with van der Waals surface area (Å²) in [6.07, 6.45) is 3.73. The number of nitrogens with two attached hydrogens (primary N) is 1. The molecule has 0 saturated carbocycles. The van der Waals surface area contributed by atoms with Crippen molar-refractivity contribution in [3.8, 4) is 0 Å². The first-order valence-corrected chi connectivity index (χ1v) is 4.34. The van der Waals surface area contributed by atoms with E-state index in [2.05, 4.69) is 0 Å². The Morgan fingerprint density at radius 3 is 2.07 bits per heavy atom. The zero-order chi connectivity index (χ0) is 11.9. The van der Waals surface area contributed by atoms with Crippen molar-refractivity contribution in [3.63, 3.8) is 0 Å². The average Bonchev–Trinajstić information content (AvgIpc) is 2.11. The Balaban J connectivity index is 3.38. The maximum Gasteiger partial charge on any atom is 0.0524 e. The van der Waals surface area contributed by atoms with E-state index in [1.54, 1.807) is 0 Å². The monoisotopic (exact) mass is 209 g/mol. The molecular formula is C10H11NO4-2. The van der Waals surface area contributed by atoms with Crippen molar-refractivity contribution >= 4 is 11.9 Å². The summed E-state index contributed by atoms with van der Waals surface area (Å²) < 4.78 is 0. The summed E-state index contributed by atoms with van der Waals surface area (Å²) in [6, 6.07) is 0. The predicted octanol–water partition coefficient (Wildman–Crippen LogP) is -2.09. The van der Waals surface area contributed by atoms with Crippen LogP contribution in [0.2, 0.25) is 0 Å². The van der Waals surface area contributed by atoms with Gasteiger partial charge >= 0.3 is 0 Å². The lowest BCUT2D eigenvalue weighted by atomic mass is 9.63. The molecule has 0 heterocycles. The Kier molecular flexibility index (Phi) is 2.35. The minimum atomic E-state index is -1.70. The molecule has 0 bridgehead atoms. The average molecular weight is 209 g/mol. The van der Waals surface area contributed by atoms with Crippen LogP contribution in [0.4, 0.5) is 0 Å². The van der Waals surface area contributed by atoms with Crippen LogP contribution >= 0.6 is 0 Å². The van der Waals surface area contributed by atoms with Gasteiger partial charge in [-0.15, -0.1) is 0 Å². The van der Waals surface area contributed by atoms with E-state index in [0.29, 0.717) is 0 Å². The number of hydrogen-bond acceptors (Lipinski definition) is 5. The van der Waals surface area contributed by atoms with Gasteiger partial charge in [0.05, 0.1) is 11.9 Å². The topological polar surface area (TPSA) is 106 Å². The van der Waals surface area contributed by atoms with E-state index in [4.69, 9.17) is 5.73 Å². The number of carbonyl (C=O) groups excluding carboxylic acids is 2. The van der Waals surface area contributed by atoms with Crippen LogP contribution in [0, 0.1) is 10.8 Å². The zero-order valence-corrected chi connectivity index (χ0v) is 8.44. The van der Waals surface area contributed by atoms with Crippen molar-refractivity contribution in [2.24, 2.45) is 16.6 Å². The maximum absolute atomic E-state index is 11.0. The third kappa shape index (κ3) is 1.40. The van der Waals surface area contributed by atoms with Gasteiger partial charge in [0, 0.05) is 16.5 Å². The van der Waals surface area contributed by atoms with Crippen molar-refractivity contribution in [2.75, 3.05) is 0 Å². The van der Waals surface area contributed by atoms with Gasteiger partial charge in [0.25, 0.3) is 0 Å². The third-order valence-corrected chi connectivity index (χ3v) is 2.99. The maximum atomic E-state index is 11.0. The van der Waals surface area contributed by atoms with E-state index in [0.717, 1.165) is 6.08 Å². The number of hydrogen-bond donors (Lipinski definition) is 1. The lowest BCUT2D eigenvalue weighted by Gasteiger charge is -2.46. The minimum absolute atomic E-state index is 0.195. The Morgan fingerprint density at radius 1 is 1.20 bits per heavy atom. The van der Waals surface area contributed by atoms with E-state index in [1.807, 2.05) is 0 Å². The van der Waals surface area contributed by atoms with Gasteiger partial charge in [-0.1, -0.05) is 6.08 Å². The molecule has 0 aromatic rings.